The van der Waals surface area contributed by atoms with Crippen molar-refractivity contribution in [1.29, 1.82) is 0 Å². The smallest absolute Gasteiger partial charge is 0.407 e. The Labute approximate surface area is 154 Å². The quantitative estimate of drug-likeness (QED) is 0.670. The maximum atomic E-state index is 14.2. The fourth-order valence-corrected chi connectivity index (χ4v) is 3.74. The molecular weight excluding hydrogens is 375 g/mol. The van der Waals surface area contributed by atoms with Crippen LogP contribution >= 0.6 is 0 Å². The third-order valence-electron chi connectivity index (χ3n) is 3.64. The highest BCUT2D eigenvalue weighted by Crippen LogP contribution is 2.28. The molecule has 8 nitrogen and oxygen atoms in total. The number of hydrogen-bond acceptors (Lipinski definition) is 6. The lowest BCUT2D eigenvalue weighted by Crippen LogP contribution is -2.18. The summed E-state index contributed by atoms with van der Waals surface area (Å²) < 4.78 is 46.1. The normalized spacial score (nSPS) is 11.2. The molecule has 0 fully saturated rings. The van der Waals surface area contributed by atoms with Crippen LogP contribution in [-0.4, -0.2) is 35.5 Å². The van der Waals surface area contributed by atoms with Gasteiger partial charge in [0, 0.05) is 37.4 Å². The lowest BCUT2D eigenvalue weighted by molar-refractivity contribution is 0.142. The van der Waals surface area contributed by atoms with Crippen LogP contribution in [0.25, 0.3) is 11.3 Å². The zero-order valence-corrected chi connectivity index (χ0v) is 15.0. The van der Waals surface area contributed by atoms with Crippen molar-refractivity contribution in [2.24, 2.45) is 0 Å². The van der Waals surface area contributed by atoms with Gasteiger partial charge in [0.2, 0.25) is 5.95 Å². The molecule has 0 saturated heterocycles. The molecular formula is C17H15FN4O4S. The number of halogens is 1. The highest BCUT2D eigenvalue weighted by Gasteiger charge is 2.24. The molecule has 0 saturated carbocycles. The minimum absolute atomic E-state index is 0.00356. The van der Waals surface area contributed by atoms with Crippen molar-refractivity contribution >= 4 is 16.1 Å². The third kappa shape index (κ3) is 3.80. The molecule has 1 amide bonds. The second kappa shape index (κ2) is 7.54. The molecule has 3 heterocycles. The van der Waals surface area contributed by atoms with Gasteiger partial charge in [0.05, 0.1) is 11.3 Å². The van der Waals surface area contributed by atoms with Gasteiger partial charge < -0.3 is 10.1 Å². The summed E-state index contributed by atoms with van der Waals surface area (Å²) in [6.45, 7) is -0.190. The Bertz CT molecular complexity index is 1070. The van der Waals surface area contributed by atoms with E-state index in [4.69, 9.17) is 4.74 Å². The molecule has 0 spiro atoms. The Morgan fingerprint density at radius 2 is 2.07 bits per heavy atom. The van der Waals surface area contributed by atoms with Gasteiger partial charge in [-0.1, -0.05) is 0 Å². The standard InChI is InChI=1S/C17H15FN4O4S/c1-19-17(23)26-11-12-8-15(14-5-3-7-21-16(14)18)22(10-12)27(24,25)13-4-2-6-20-9-13/h2-10H,11H2,1H3,(H,19,23). The zero-order valence-electron chi connectivity index (χ0n) is 14.2. The van der Waals surface area contributed by atoms with Crippen molar-refractivity contribution < 1.29 is 22.3 Å². The third-order valence-corrected chi connectivity index (χ3v) is 5.30. The summed E-state index contributed by atoms with van der Waals surface area (Å²) in [5, 5.41) is 2.29. The van der Waals surface area contributed by atoms with Crippen LogP contribution in [0.1, 0.15) is 5.56 Å². The Morgan fingerprint density at radius 1 is 1.30 bits per heavy atom. The molecule has 3 aromatic rings. The van der Waals surface area contributed by atoms with Crippen molar-refractivity contribution in [2.75, 3.05) is 7.05 Å². The van der Waals surface area contributed by atoms with Crippen molar-refractivity contribution in [3.63, 3.8) is 0 Å². The fourth-order valence-electron chi connectivity index (χ4n) is 2.38. The Kier molecular flexibility index (Phi) is 5.17. The van der Waals surface area contributed by atoms with Crippen molar-refractivity contribution in [3.05, 3.63) is 66.6 Å². The van der Waals surface area contributed by atoms with Crippen molar-refractivity contribution in [3.8, 4) is 11.3 Å². The molecule has 140 valence electrons. The van der Waals surface area contributed by atoms with Gasteiger partial charge in [-0.3, -0.25) is 4.98 Å². The summed E-state index contributed by atoms with van der Waals surface area (Å²) in [6.07, 6.45) is 4.50. The molecule has 1 N–H and O–H groups in total. The molecule has 3 aromatic heterocycles. The van der Waals surface area contributed by atoms with E-state index in [1.54, 1.807) is 0 Å². The first-order chi connectivity index (χ1) is 12.9. The topological polar surface area (TPSA) is 103 Å². The summed E-state index contributed by atoms with van der Waals surface area (Å²) in [4.78, 5) is 18.6. The number of alkyl carbamates (subject to hydrolysis) is 1. The second-order valence-corrected chi connectivity index (χ2v) is 7.21. The Morgan fingerprint density at radius 3 is 2.74 bits per heavy atom. The first-order valence-electron chi connectivity index (χ1n) is 7.75. The molecule has 0 aliphatic rings. The maximum Gasteiger partial charge on any atom is 0.407 e. The van der Waals surface area contributed by atoms with E-state index in [-0.39, 0.29) is 22.8 Å². The number of amides is 1. The number of nitrogens with one attached hydrogen (secondary N) is 1. The first-order valence-corrected chi connectivity index (χ1v) is 9.19. The average molecular weight is 390 g/mol. The minimum atomic E-state index is -4.05. The molecule has 0 radical (unpaired) electrons. The number of nitrogens with zero attached hydrogens (tertiary/aromatic N) is 3. The zero-order chi connectivity index (χ0) is 19.4. The van der Waals surface area contributed by atoms with Gasteiger partial charge in [0.25, 0.3) is 10.0 Å². The molecule has 0 aromatic carbocycles. The SMILES string of the molecule is CNC(=O)OCc1cc(-c2cccnc2F)n(S(=O)(=O)c2cccnc2)c1. The van der Waals surface area contributed by atoms with E-state index < -0.39 is 22.1 Å². The molecule has 0 aliphatic heterocycles. The second-order valence-electron chi connectivity index (χ2n) is 5.39. The number of aromatic nitrogens is 3. The summed E-state index contributed by atoms with van der Waals surface area (Å²) in [5.41, 5.74) is 0.417. The average Bonchev–Trinajstić information content (AvgIpc) is 3.12. The summed E-state index contributed by atoms with van der Waals surface area (Å²) >= 11 is 0. The van der Waals surface area contributed by atoms with Crippen molar-refractivity contribution in [1.82, 2.24) is 19.3 Å². The summed E-state index contributed by atoms with van der Waals surface area (Å²) in [7, 11) is -2.65. The Hall–Kier alpha value is -3.27. The Balaban J connectivity index is 2.12. The van der Waals surface area contributed by atoms with Gasteiger partial charge in [0.1, 0.15) is 11.5 Å². The van der Waals surface area contributed by atoms with E-state index in [0.29, 0.717) is 5.56 Å². The summed E-state index contributed by atoms with van der Waals surface area (Å²) in [5.74, 6) is -0.822. The fraction of sp³-hybridized carbons (Fsp3) is 0.118. The van der Waals surface area contributed by atoms with Crippen LogP contribution in [-0.2, 0) is 21.4 Å². The maximum absolute atomic E-state index is 14.2. The predicted octanol–water partition coefficient (Wildman–Crippen LogP) is 2.18. The molecule has 0 bridgehead atoms. The molecule has 10 heteroatoms. The van der Waals surface area contributed by atoms with E-state index >= 15 is 0 Å². The van der Waals surface area contributed by atoms with Crippen molar-refractivity contribution in [2.45, 2.75) is 11.5 Å². The van der Waals surface area contributed by atoms with E-state index in [9.17, 15) is 17.6 Å². The highest BCUT2D eigenvalue weighted by atomic mass is 32.2. The number of ether oxygens (including phenoxy) is 1. The van der Waals surface area contributed by atoms with Crippen LogP contribution in [0, 0.1) is 5.95 Å². The minimum Gasteiger partial charge on any atom is -0.445 e. The van der Waals surface area contributed by atoms with Crippen LogP contribution in [0.5, 0.6) is 0 Å². The molecule has 0 atom stereocenters. The van der Waals surface area contributed by atoms with Gasteiger partial charge in [-0.25, -0.2) is 22.2 Å². The number of rotatable bonds is 5. The van der Waals surface area contributed by atoms with E-state index in [2.05, 4.69) is 15.3 Å². The number of hydrogen-bond donors (Lipinski definition) is 1. The summed E-state index contributed by atoms with van der Waals surface area (Å²) in [6, 6.07) is 7.20. The molecule has 3 rings (SSSR count). The number of carbonyl (C=O) groups excluding carboxylic acids is 1. The number of carbonyl (C=O) groups is 1. The van der Waals surface area contributed by atoms with E-state index in [0.717, 1.165) is 3.97 Å². The van der Waals surface area contributed by atoms with Gasteiger partial charge >= 0.3 is 6.09 Å². The van der Waals surface area contributed by atoms with Gasteiger partial charge in [-0.05, 0) is 30.3 Å². The van der Waals surface area contributed by atoms with Crippen LogP contribution in [0.3, 0.4) is 0 Å². The predicted molar refractivity (Wildman–Crippen MR) is 93.7 cm³/mol. The van der Waals surface area contributed by atoms with Crippen LogP contribution in [0.2, 0.25) is 0 Å². The van der Waals surface area contributed by atoms with Crippen LogP contribution in [0.4, 0.5) is 9.18 Å². The molecule has 27 heavy (non-hydrogen) atoms. The monoisotopic (exact) mass is 390 g/mol. The lowest BCUT2D eigenvalue weighted by atomic mass is 10.2. The lowest BCUT2D eigenvalue weighted by Gasteiger charge is -2.10. The van der Waals surface area contributed by atoms with Gasteiger partial charge in [-0.2, -0.15) is 4.39 Å². The van der Waals surface area contributed by atoms with E-state index in [1.807, 2.05) is 0 Å². The van der Waals surface area contributed by atoms with Gasteiger partial charge in [-0.15, -0.1) is 0 Å². The highest BCUT2D eigenvalue weighted by molar-refractivity contribution is 7.90. The largest absolute Gasteiger partial charge is 0.445 e. The first kappa shape index (κ1) is 18.5. The van der Waals surface area contributed by atoms with Crippen LogP contribution in [0.15, 0.2) is 60.0 Å². The van der Waals surface area contributed by atoms with E-state index in [1.165, 1.54) is 62.2 Å². The number of pyridine rings is 2. The van der Waals surface area contributed by atoms with Crippen LogP contribution < -0.4 is 5.32 Å². The van der Waals surface area contributed by atoms with Gasteiger partial charge in [0.15, 0.2) is 0 Å². The molecule has 0 aliphatic carbocycles. The molecule has 0 unspecified atom stereocenters.